The molecule has 4 rings (SSSR count). The number of hydrogen-bond acceptors (Lipinski definition) is 5. The molecule has 0 bridgehead atoms. The first kappa shape index (κ1) is 22.9. The quantitative estimate of drug-likeness (QED) is 0.269. The molecule has 0 atom stereocenters. The number of halogens is 2. The van der Waals surface area contributed by atoms with E-state index in [9.17, 15) is 13.6 Å². The first-order valence-electron chi connectivity index (χ1n) is 10.4. The van der Waals surface area contributed by atoms with Crippen LogP contribution in [0.15, 0.2) is 77.4 Å². The van der Waals surface area contributed by atoms with Crippen molar-refractivity contribution in [3.63, 3.8) is 0 Å². The number of ether oxygens (including phenoxy) is 2. The van der Waals surface area contributed by atoms with Gasteiger partial charge in [-0.1, -0.05) is 36.4 Å². The summed E-state index contributed by atoms with van der Waals surface area (Å²) < 4.78 is 42.8. The van der Waals surface area contributed by atoms with E-state index in [0.717, 1.165) is 34.3 Å². The van der Waals surface area contributed by atoms with Crippen molar-refractivity contribution in [2.24, 2.45) is 0 Å². The van der Waals surface area contributed by atoms with Crippen LogP contribution in [0.25, 0.3) is 11.0 Å². The van der Waals surface area contributed by atoms with E-state index in [-0.39, 0.29) is 23.5 Å². The number of esters is 1. The van der Waals surface area contributed by atoms with Gasteiger partial charge in [0, 0.05) is 5.39 Å². The minimum Gasteiger partial charge on any atom is -0.478 e. The normalized spacial score (nSPS) is 11.2. The zero-order valence-electron chi connectivity index (χ0n) is 17.9. The van der Waals surface area contributed by atoms with Crippen molar-refractivity contribution in [1.29, 1.82) is 0 Å². The predicted octanol–water partition coefficient (Wildman–Crippen LogP) is 6.33. The number of benzene rings is 3. The molecule has 0 unspecified atom stereocenters. The third kappa shape index (κ3) is 5.54. The molecule has 0 spiro atoms. The summed E-state index contributed by atoms with van der Waals surface area (Å²) in [7, 11) is 1.31. The first-order chi connectivity index (χ1) is 16.0. The van der Waals surface area contributed by atoms with Crippen LogP contribution < -0.4 is 4.74 Å². The van der Waals surface area contributed by atoms with Crippen LogP contribution in [0.4, 0.5) is 8.78 Å². The molecule has 7 heteroatoms. The van der Waals surface area contributed by atoms with Gasteiger partial charge in [0.05, 0.1) is 18.6 Å². The van der Waals surface area contributed by atoms with Gasteiger partial charge in [-0.2, -0.15) is 0 Å². The molecule has 1 heterocycles. The van der Waals surface area contributed by atoms with E-state index < -0.39 is 5.97 Å². The van der Waals surface area contributed by atoms with Gasteiger partial charge in [-0.3, -0.25) is 0 Å². The highest BCUT2D eigenvalue weighted by molar-refractivity contribution is 7.99. The van der Waals surface area contributed by atoms with Crippen molar-refractivity contribution in [2.45, 2.75) is 11.7 Å². The Bertz CT molecular complexity index is 1170. The van der Waals surface area contributed by atoms with Gasteiger partial charge in [-0.15, -0.1) is 11.8 Å². The molecule has 0 N–H and O–H groups in total. The monoisotopic (exact) mass is 468 g/mol. The number of para-hydroxylation sites is 1. The summed E-state index contributed by atoms with van der Waals surface area (Å²) in [4.78, 5) is 11.4. The lowest BCUT2D eigenvalue weighted by Gasteiger charge is -2.18. The van der Waals surface area contributed by atoms with E-state index >= 15 is 0 Å². The summed E-state index contributed by atoms with van der Waals surface area (Å²) in [6.07, 6.45) is 2.41. The summed E-state index contributed by atoms with van der Waals surface area (Å²) >= 11 is 1.69. The summed E-state index contributed by atoms with van der Waals surface area (Å²) in [5, 5.41) is 0.849. The molecular formula is C26H22F2O4S. The Morgan fingerprint density at radius 1 is 0.970 bits per heavy atom. The zero-order valence-corrected chi connectivity index (χ0v) is 18.7. The molecule has 1 aromatic heterocycles. The Labute approximate surface area is 194 Å². The van der Waals surface area contributed by atoms with Gasteiger partial charge in [0.2, 0.25) is 0 Å². The summed E-state index contributed by atoms with van der Waals surface area (Å²) in [5.41, 5.74) is 3.49. The Balaban J connectivity index is 1.49. The summed E-state index contributed by atoms with van der Waals surface area (Å²) in [6, 6.07) is 18.3. The highest BCUT2D eigenvalue weighted by Crippen LogP contribution is 2.37. The lowest BCUT2D eigenvalue weighted by molar-refractivity contribution is -0.142. The van der Waals surface area contributed by atoms with Crippen LogP contribution in [0.5, 0.6) is 5.75 Å². The van der Waals surface area contributed by atoms with E-state index in [1.807, 2.05) is 12.1 Å². The Morgan fingerprint density at radius 2 is 1.61 bits per heavy atom. The highest BCUT2D eigenvalue weighted by Gasteiger charge is 2.17. The molecular weight excluding hydrogens is 446 g/mol. The molecule has 0 aliphatic rings. The van der Waals surface area contributed by atoms with Crippen LogP contribution in [0, 0.1) is 11.6 Å². The fourth-order valence-electron chi connectivity index (χ4n) is 3.53. The molecule has 3 aromatic carbocycles. The molecule has 0 radical (unpaired) electrons. The zero-order chi connectivity index (χ0) is 23.2. The molecule has 0 aliphatic heterocycles. The van der Waals surface area contributed by atoms with Gasteiger partial charge in [0.15, 0.2) is 17.9 Å². The van der Waals surface area contributed by atoms with E-state index in [0.29, 0.717) is 11.3 Å². The minimum atomic E-state index is -0.470. The number of aryl methyl sites for hydroxylation is 1. The van der Waals surface area contributed by atoms with Crippen molar-refractivity contribution < 1.29 is 27.5 Å². The van der Waals surface area contributed by atoms with Crippen molar-refractivity contribution >= 4 is 28.7 Å². The van der Waals surface area contributed by atoms with Gasteiger partial charge in [0.25, 0.3) is 0 Å². The molecule has 33 heavy (non-hydrogen) atoms. The number of carbonyl (C=O) groups is 1. The summed E-state index contributed by atoms with van der Waals surface area (Å²) in [6.45, 7) is -0.196. The fraction of sp³-hybridized carbons (Fsp3) is 0.192. The second-order valence-corrected chi connectivity index (χ2v) is 8.58. The van der Waals surface area contributed by atoms with Gasteiger partial charge >= 0.3 is 5.97 Å². The number of rotatable bonds is 9. The lowest BCUT2D eigenvalue weighted by Crippen LogP contribution is -2.12. The van der Waals surface area contributed by atoms with Crippen LogP contribution >= 0.6 is 11.8 Å². The molecule has 0 fully saturated rings. The first-order valence-corrected chi connectivity index (χ1v) is 11.4. The number of hydrogen-bond donors (Lipinski definition) is 0. The minimum absolute atomic E-state index is 0.0664. The largest absolute Gasteiger partial charge is 0.478 e. The van der Waals surface area contributed by atoms with Crippen LogP contribution in [-0.4, -0.2) is 25.4 Å². The third-order valence-electron chi connectivity index (χ3n) is 5.22. The van der Waals surface area contributed by atoms with Crippen LogP contribution in [0.2, 0.25) is 0 Å². The Hall–Kier alpha value is -3.32. The number of fused-ring (bicyclic) bond motifs is 1. The number of methoxy groups -OCH3 is 1. The number of carbonyl (C=O) groups excluding carboxylic acids is 1. The average molecular weight is 469 g/mol. The van der Waals surface area contributed by atoms with Crippen LogP contribution in [0.3, 0.4) is 0 Å². The van der Waals surface area contributed by atoms with E-state index in [4.69, 9.17) is 9.15 Å². The highest BCUT2D eigenvalue weighted by atomic mass is 32.2. The van der Waals surface area contributed by atoms with Crippen molar-refractivity contribution in [3.05, 3.63) is 101 Å². The lowest BCUT2D eigenvalue weighted by atomic mass is 10.0. The standard InChI is InChI=1S/C26H22F2O4S/c1-30-24(29)16-31-23-4-2-3-22-19(15-32-25(22)23)13-14-33-26(17-5-9-20(27)10-6-17)18-7-11-21(28)12-8-18/h2-12,15,26H,13-14,16H2,1H3. The molecule has 0 saturated heterocycles. The topological polar surface area (TPSA) is 48.7 Å². The van der Waals surface area contributed by atoms with Crippen LogP contribution in [-0.2, 0) is 16.0 Å². The van der Waals surface area contributed by atoms with E-state index in [2.05, 4.69) is 4.74 Å². The second-order valence-electron chi connectivity index (χ2n) is 7.36. The molecule has 0 saturated carbocycles. The maximum Gasteiger partial charge on any atom is 0.343 e. The summed E-state index contributed by atoms with van der Waals surface area (Å²) in [5.74, 6) is 0.171. The predicted molar refractivity (Wildman–Crippen MR) is 125 cm³/mol. The molecule has 4 aromatic rings. The maximum atomic E-state index is 13.4. The van der Waals surface area contributed by atoms with Crippen LogP contribution in [0.1, 0.15) is 21.9 Å². The number of thioether (sulfide) groups is 1. The third-order valence-corrected chi connectivity index (χ3v) is 6.54. The smallest absolute Gasteiger partial charge is 0.343 e. The Kier molecular flexibility index (Phi) is 7.29. The number of furan rings is 1. The molecule has 0 amide bonds. The van der Waals surface area contributed by atoms with Crippen molar-refractivity contribution in [3.8, 4) is 5.75 Å². The Morgan fingerprint density at radius 3 is 2.21 bits per heavy atom. The fourth-order valence-corrected chi connectivity index (χ4v) is 4.81. The SMILES string of the molecule is COC(=O)COc1cccc2c(CCSC(c3ccc(F)cc3)c3ccc(F)cc3)coc12. The second kappa shape index (κ2) is 10.5. The van der Waals surface area contributed by atoms with Gasteiger partial charge in [-0.05, 0) is 59.2 Å². The molecule has 0 aliphatic carbocycles. The molecule has 170 valence electrons. The van der Waals surface area contributed by atoms with E-state index in [1.165, 1.54) is 31.4 Å². The van der Waals surface area contributed by atoms with E-state index in [1.54, 1.807) is 48.4 Å². The van der Waals surface area contributed by atoms with Crippen molar-refractivity contribution in [2.75, 3.05) is 19.5 Å². The van der Waals surface area contributed by atoms with Gasteiger partial charge < -0.3 is 13.9 Å². The average Bonchev–Trinajstić information content (AvgIpc) is 3.25. The molecule has 4 nitrogen and oxygen atoms in total. The van der Waals surface area contributed by atoms with Gasteiger partial charge in [0.1, 0.15) is 11.6 Å². The van der Waals surface area contributed by atoms with Gasteiger partial charge in [-0.25, -0.2) is 13.6 Å². The maximum absolute atomic E-state index is 13.4. The van der Waals surface area contributed by atoms with Crippen molar-refractivity contribution in [1.82, 2.24) is 0 Å².